The van der Waals surface area contributed by atoms with E-state index in [-0.39, 0.29) is 36.2 Å². The van der Waals surface area contributed by atoms with Crippen LogP contribution in [0.5, 0.6) is 0 Å². The van der Waals surface area contributed by atoms with E-state index < -0.39 is 10.4 Å². The summed E-state index contributed by atoms with van der Waals surface area (Å²) in [5, 5.41) is 0. The Kier molecular flexibility index (Phi) is 30.8. The fourth-order valence-corrected chi connectivity index (χ4v) is 4.55. The zero-order valence-electron chi connectivity index (χ0n) is 21.7. The zero-order chi connectivity index (χ0) is 22.9. The van der Waals surface area contributed by atoms with Crippen molar-refractivity contribution < 1.29 is 46.7 Å². The third-order valence-corrected chi connectivity index (χ3v) is 6.68. The molecule has 0 saturated carbocycles. The van der Waals surface area contributed by atoms with E-state index in [1.54, 1.807) is 0 Å². The molecule has 0 rings (SSSR count). The van der Waals surface area contributed by atoms with Crippen molar-refractivity contribution >= 4 is 10.4 Å². The van der Waals surface area contributed by atoms with Crippen LogP contribution in [0.4, 0.5) is 0 Å². The summed E-state index contributed by atoms with van der Waals surface area (Å²) in [6.45, 7) is 2.32. The molecule has 0 aromatic rings. The molecule has 0 N–H and O–H groups in total. The molecule has 4 nitrogen and oxygen atoms in total. The maximum atomic E-state index is 10.3. The fraction of sp³-hybridized carbons (Fsp3) is 1.00. The molecule has 0 aromatic heterocycles. The quantitative estimate of drug-likeness (QED) is 0.0668. The summed E-state index contributed by atoms with van der Waals surface area (Å²) >= 11 is 0. The van der Waals surface area contributed by atoms with Gasteiger partial charge in [-0.25, -0.2) is 8.42 Å². The Morgan fingerprint density at radius 2 is 0.688 bits per heavy atom. The van der Waals surface area contributed by atoms with Gasteiger partial charge in [0, 0.05) is 0 Å². The standard InChI is InChI=1S/C26H54O4S.Na/c1-2-3-4-5-6-7-8-9-10-11-12-13-14-15-16-17-18-19-20-21-22-23-24-25-26-30-31(27,28)29;/h2-26H2,1H3,(H,27,28,29);/q;+1/p-1. The van der Waals surface area contributed by atoms with Crippen LogP contribution >= 0.6 is 0 Å². The Morgan fingerprint density at radius 1 is 0.469 bits per heavy atom. The van der Waals surface area contributed by atoms with Crippen molar-refractivity contribution in [3.05, 3.63) is 0 Å². The SMILES string of the molecule is CCCCCCCCCCCCCCCCCCCCCCCCCCOS(=O)(=O)[O-].[Na+]. The predicted octanol–water partition coefficient (Wildman–Crippen LogP) is 5.85. The molecule has 0 aliphatic rings. The first-order chi connectivity index (χ1) is 15.1. The van der Waals surface area contributed by atoms with E-state index in [9.17, 15) is 13.0 Å². The number of rotatable bonds is 26. The topological polar surface area (TPSA) is 66.4 Å². The minimum atomic E-state index is -4.50. The van der Waals surface area contributed by atoms with Gasteiger partial charge >= 0.3 is 29.6 Å². The minimum absolute atomic E-state index is 0. The summed E-state index contributed by atoms with van der Waals surface area (Å²) in [6.07, 6.45) is 32.1. The smallest absolute Gasteiger partial charge is 0.726 e. The van der Waals surface area contributed by atoms with Gasteiger partial charge in [-0.3, -0.25) is 4.18 Å². The number of hydrogen-bond donors (Lipinski definition) is 0. The second-order valence-corrected chi connectivity index (χ2v) is 10.4. The summed E-state index contributed by atoms with van der Waals surface area (Å²) in [5.74, 6) is 0. The largest absolute Gasteiger partial charge is 1.00 e. The summed E-state index contributed by atoms with van der Waals surface area (Å²) in [6, 6.07) is 0. The van der Waals surface area contributed by atoms with Crippen LogP contribution < -0.4 is 29.6 Å². The van der Waals surface area contributed by atoms with E-state index in [4.69, 9.17) is 0 Å². The molecule has 0 spiro atoms. The normalized spacial score (nSPS) is 11.6. The second kappa shape index (κ2) is 28.1. The maximum absolute atomic E-state index is 10.3. The van der Waals surface area contributed by atoms with Crippen LogP contribution in [0, 0.1) is 0 Å². The Bertz CT molecular complexity index is 443. The first-order valence-corrected chi connectivity index (χ1v) is 15.0. The van der Waals surface area contributed by atoms with Gasteiger partial charge in [-0.2, -0.15) is 0 Å². The average molecular weight is 485 g/mol. The molecule has 0 radical (unpaired) electrons. The summed E-state index contributed by atoms with van der Waals surface area (Å²) in [5.41, 5.74) is 0. The molecule has 0 fully saturated rings. The first-order valence-electron chi connectivity index (χ1n) is 13.7. The van der Waals surface area contributed by atoms with Gasteiger partial charge in [-0.1, -0.05) is 155 Å². The van der Waals surface area contributed by atoms with Gasteiger partial charge in [0.15, 0.2) is 0 Å². The van der Waals surface area contributed by atoms with Gasteiger partial charge in [-0.05, 0) is 6.42 Å². The van der Waals surface area contributed by atoms with E-state index in [1.165, 1.54) is 135 Å². The molecule has 0 saturated heterocycles. The molecular weight excluding hydrogens is 431 g/mol. The third kappa shape index (κ3) is 33.0. The third-order valence-electron chi connectivity index (χ3n) is 6.23. The maximum Gasteiger partial charge on any atom is 1.00 e. The Labute approximate surface area is 223 Å². The molecule has 0 aliphatic heterocycles. The van der Waals surface area contributed by atoms with Crippen molar-refractivity contribution in [2.75, 3.05) is 6.61 Å². The van der Waals surface area contributed by atoms with E-state index in [2.05, 4.69) is 11.1 Å². The fourth-order valence-electron chi connectivity index (χ4n) is 4.23. The zero-order valence-corrected chi connectivity index (χ0v) is 24.5. The van der Waals surface area contributed by atoms with Crippen molar-refractivity contribution in [2.45, 2.75) is 161 Å². The van der Waals surface area contributed by atoms with Crippen LogP contribution in [0.2, 0.25) is 0 Å². The average Bonchev–Trinajstić information content (AvgIpc) is 2.73. The predicted molar refractivity (Wildman–Crippen MR) is 132 cm³/mol. The molecule has 0 amide bonds. The van der Waals surface area contributed by atoms with Crippen LogP contribution in [-0.4, -0.2) is 19.6 Å². The van der Waals surface area contributed by atoms with Gasteiger partial charge in [0.05, 0.1) is 6.61 Å². The van der Waals surface area contributed by atoms with E-state index >= 15 is 0 Å². The molecular formula is C26H53NaO4S. The van der Waals surface area contributed by atoms with E-state index in [0.717, 1.165) is 12.8 Å². The summed E-state index contributed by atoms with van der Waals surface area (Å²) in [4.78, 5) is 0. The molecule has 0 aromatic carbocycles. The van der Waals surface area contributed by atoms with Gasteiger partial charge in [0.1, 0.15) is 0 Å². The van der Waals surface area contributed by atoms with E-state index in [0.29, 0.717) is 6.42 Å². The van der Waals surface area contributed by atoms with Gasteiger partial charge < -0.3 is 4.55 Å². The molecule has 0 heterocycles. The molecule has 0 atom stereocenters. The monoisotopic (exact) mass is 484 g/mol. The Balaban J connectivity index is 0. The van der Waals surface area contributed by atoms with Crippen LogP contribution in [-0.2, 0) is 14.6 Å². The number of unbranched alkanes of at least 4 members (excludes halogenated alkanes) is 23. The van der Waals surface area contributed by atoms with Gasteiger partial charge in [-0.15, -0.1) is 0 Å². The van der Waals surface area contributed by atoms with Crippen molar-refractivity contribution in [1.29, 1.82) is 0 Å². The van der Waals surface area contributed by atoms with Crippen LogP contribution in [0.25, 0.3) is 0 Å². The second-order valence-electron chi connectivity index (χ2n) is 9.36. The number of hydrogen-bond acceptors (Lipinski definition) is 4. The van der Waals surface area contributed by atoms with Gasteiger partial charge in [0.2, 0.25) is 10.4 Å². The molecule has 0 aliphatic carbocycles. The molecule has 32 heavy (non-hydrogen) atoms. The van der Waals surface area contributed by atoms with Crippen LogP contribution in [0.1, 0.15) is 161 Å². The summed E-state index contributed by atoms with van der Waals surface area (Å²) in [7, 11) is -4.50. The summed E-state index contributed by atoms with van der Waals surface area (Å²) < 4.78 is 35.0. The Hall–Kier alpha value is 0.870. The molecule has 6 heteroatoms. The Morgan fingerprint density at radius 3 is 0.906 bits per heavy atom. The van der Waals surface area contributed by atoms with Crippen LogP contribution in [0.15, 0.2) is 0 Å². The van der Waals surface area contributed by atoms with Crippen molar-refractivity contribution in [3.8, 4) is 0 Å². The minimum Gasteiger partial charge on any atom is -0.726 e. The van der Waals surface area contributed by atoms with Crippen LogP contribution in [0.3, 0.4) is 0 Å². The van der Waals surface area contributed by atoms with Crippen molar-refractivity contribution in [3.63, 3.8) is 0 Å². The van der Waals surface area contributed by atoms with Crippen molar-refractivity contribution in [2.24, 2.45) is 0 Å². The van der Waals surface area contributed by atoms with Gasteiger partial charge in [0.25, 0.3) is 0 Å². The molecule has 0 unspecified atom stereocenters. The van der Waals surface area contributed by atoms with E-state index in [1.807, 2.05) is 0 Å². The molecule has 0 bridgehead atoms. The first kappa shape index (κ1) is 35.0. The molecule has 188 valence electrons. The van der Waals surface area contributed by atoms with Crippen molar-refractivity contribution in [1.82, 2.24) is 0 Å².